The van der Waals surface area contributed by atoms with Crippen LogP contribution in [0.5, 0.6) is 0 Å². The van der Waals surface area contributed by atoms with E-state index >= 15 is 0 Å². The van der Waals surface area contributed by atoms with Gasteiger partial charge in [-0.2, -0.15) is 0 Å². The number of likely N-dealkylation sites (N-methyl/N-ethyl adjacent to an activating group) is 1. The van der Waals surface area contributed by atoms with Crippen molar-refractivity contribution in [2.24, 2.45) is 0 Å². The quantitative estimate of drug-likeness (QED) is 0.725. The van der Waals surface area contributed by atoms with E-state index in [0.717, 1.165) is 25.2 Å². The van der Waals surface area contributed by atoms with Gasteiger partial charge in [-0.25, -0.2) is 4.68 Å². The van der Waals surface area contributed by atoms with Crippen molar-refractivity contribution in [3.63, 3.8) is 0 Å². The van der Waals surface area contributed by atoms with Crippen molar-refractivity contribution in [3.05, 3.63) is 59.9 Å². The summed E-state index contributed by atoms with van der Waals surface area (Å²) >= 11 is 0. The van der Waals surface area contributed by atoms with Crippen molar-refractivity contribution < 1.29 is 0 Å². The summed E-state index contributed by atoms with van der Waals surface area (Å²) in [4.78, 5) is 2.16. The number of nitrogens with zero attached hydrogens (tertiary/aromatic N) is 4. The molecule has 0 saturated heterocycles. The Balaban J connectivity index is 0.00000176. The zero-order chi connectivity index (χ0) is 14.7. The second kappa shape index (κ2) is 7.38. The van der Waals surface area contributed by atoms with E-state index in [-0.39, 0.29) is 12.4 Å². The SMILES string of the molecule is CN(C)CCc1cn(Cc2ccc3ccccc3c2)nn1.Cl. The van der Waals surface area contributed by atoms with Crippen LogP contribution in [0.2, 0.25) is 0 Å². The number of halogens is 1. The fourth-order valence-corrected chi connectivity index (χ4v) is 2.39. The molecule has 0 N–H and O–H groups in total. The highest BCUT2D eigenvalue weighted by Crippen LogP contribution is 2.16. The third-order valence-corrected chi connectivity index (χ3v) is 3.56. The highest BCUT2D eigenvalue weighted by Gasteiger charge is 2.03. The van der Waals surface area contributed by atoms with Crippen LogP contribution in [0.25, 0.3) is 10.8 Å². The van der Waals surface area contributed by atoms with Gasteiger partial charge < -0.3 is 4.90 Å². The number of benzene rings is 2. The van der Waals surface area contributed by atoms with E-state index in [1.165, 1.54) is 16.3 Å². The number of aromatic nitrogens is 3. The lowest BCUT2D eigenvalue weighted by Crippen LogP contribution is -2.15. The largest absolute Gasteiger partial charge is 0.309 e. The van der Waals surface area contributed by atoms with Gasteiger partial charge in [-0.3, -0.25) is 0 Å². The predicted octanol–water partition coefficient (Wildman–Crippen LogP) is 3.01. The van der Waals surface area contributed by atoms with Gasteiger partial charge in [-0.1, -0.05) is 41.6 Å². The first kappa shape index (κ1) is 16.5. The summed E-state index contributed by atoms with van der Waals surface area (Å²) in [5.41, 5.74) is 2.29. The van der Waals surface area contributed by atoms with Crippen molar-refractivity contribution in [1.29, 1.82) is 0 Å². The van der Waals surface area contributed by atoms with Crippen LogP contribution in [0, 0.1) is 0 Å². The predicted molar refractivity (Wildman–Crippen MR) is 92.6 cm³/mol. The average Bonchev–Trinajstić information content (AvgIpc) is 2.92. The van der Waals surface area contributed by atoms with Gasteiger partial charge in [0.05, 0.1) is 12.2 Å². The van der Waals surface area contributed by atoms with Crippen LogP contribution in [0.15, 0.2) is 48.7 Å². The maximum atomic E-state index is 4.23. The second-order valence-corrected chi connectivity index (χ2v) is 5.64. The molecular weight excluding hydrogens is 296 g/mol. The van der Waals surface area contributed by atoms with Crippen molar-refractivity contribution in [3.8, 4) is 0 Å². The summed E-state index contributed by atoms with van der Waals surface area (Å²) < 4.78 is 1.91. The third-order valence-electron chi connectivity index (χ3n) is 3.56. The van der Waals surface area contributed by atoms with Gasteiger partial charge in [0.1, 0.15) is 0 Å². The van der Waals surface area contributed by atoms with Gasteiger partial charge >= 0.3 is 0 Å². The van der Waals surface area contributed by atoms with Crippen LogP contribution in [0.3, 0.4) is 0 Å². The van der Waals surface area contributed by atoms with E-state index in [1.807, 2.05) is 10.9 Å². The molecule has 0 aliphatic rings. The molecule has 2 aromatic carbocycles. The van der Waals surface area contributed by atoms with Crippen LogP contribution in [-0.4, -0.2) is 40.5 Å². The van der Waals surface area contributed by atoms with Gasteiger partial charge in [0.2, 0.25) is 0 Å². The summed E-state index contributed by atoms with van der Waals surface area (Å²) in [5, 5.41) is 11.0. The van der Waals surface area contributed by atoms with Crippen LogP contribution in [0.4, 0.5) is 0 Å². The third kappa shape index (κ3) is 4.06. The fraction of sp³-hybridized carbons (Fsp3) is 0.294. The summed E-state index contributed by atoms with van der Waals surface area (Å²) in [6.07, 6.45) is 2.98. The van der Waals surface area contributed by atoms with E-state index < -0.39 is 0 Å². The lowest BCUT2D eigenvalue weighted by atomic mass is 10.1. The first-order chi connectivity index (χ1) is 10.2. The summed E-state index contributed by atoms with van der Waals surface area (Å²) in [6.45, 7) is 1.76. The monoisotopic (exact) mass is 316 g/mol. The molecule has 0 saturated carbocycles. The van der Waals surface area contributed by atoms with E-state index in [4.69, 9.17) is 0 Å². The molecule has 0 aliphatic heterocycles. The van der Waals surface area contributed by atoms with Gasteiger partial charge in [-0.15, -0.1) is 17.5 Å². The molecule has 0 atom stereocenters. The molecule has 3 aromatic rings. The van der Waals surface area contributed by atoms with Crippen molar-refractivity contribution in [2.75, 3.05) is 20.6 Å². The standard InChI is InChI=1S/C17H20N4.ClH/c1-20(2)10-9-17-13-21(19-18-17)12-14-7-8-15-5-3-4-6-16(15)11-14;/h3-8,11,13H,9-10,12H2,1-2H3;1H. The molecule has 116 valence electrons. The molecule has 5 heteroatoms. The zero-order valence-corrected chi connectivity index (χ0v) is 13.8. The molecule has 0 unspecified atom stereocenters. The Morgan fingerprint density at radius 3 is 2.59 bits per heavy atom. The summed E-state index contributed by atoms with van der Waals surface area (Å²) in [7, 11) is 4.14. The molecule has 1 heterocycles. The molecule has 0 fully saturated rings. The van der Waals surface area contributed by atoms with Crippen LogP contribution in [0.1, 0.15) is 11.3 Å². The molecule has 0 aliphatic carbocycles. The highest BCUT2D eigenvalue weighted by molar-refractivity contribution is 5.85. The van der Waals surface area contributed by atoms with Gasteiger partial charge in [0.25, 0.3) is 0 Å². The Bertz CT molecular complexity index is 736. The van der Waals surface area contributed by atoms with Gasteiger partial charge in [0.15, 0.2) is 0 Å². The van der Waals surface area contributed by atoms with Gasteiger partial charge in [0, 0.05) is 19.2 Å². The minimum Gasteiger partial charge on any atom is -0.309 e. The van der Waals surface area contributed by atoms with Crippen molar-refractivity contribution in [1.82, 2.24) is 19.9 Å². The maximum absolute atomic E-state index is 4.23. The Kier molecular flexibility index (Phi) is 5.52. The minimum absolute atomic E-state index is 0. The Morgan fingerprint density at radius 2 is 1.82 bits per heavy atom. The number of fused-ring (bicyclic) bond motifs is 1. The lowest BCUT2D eigenvalue weighted by molar-refractivity contribution is 0.411. The fourth-order valence-electron chi connectivity index (χ4n) is 2.39. The molecular formula is C17H21ClN4. The maximum Gasteiger partial charge on any atom is 0.0840 e. The smallest absolute Gasteiger partial charge is 0.0840 e. The zero-order valence-electron chi connectivity index (χ0n) is 12.9. The molecule has 0 amide bonds. The molecule has 22 heavy (non-hydrogen) atoms. The number of hydrogen-bond donors (Lipinski definition) is 0. The average molecular weight is 317 g/mol. The first-order valence-corrected chi connectivity index (χ1v) is 7.22. The van der Waals surface area contributed by atoms with Crippen molar-refractivity contribution >= 4 is 23.2 Å². The topological polar surface area (TPSA) is 34.0 Å². The number of hydrogen-bond acceptors (Lipinski definition) is 3. The molecule has 0 bridgehead atoms. The van der Waals surface area contributed by atoms with Gasteiger partial charge in [-0.05, 0) is 36.5 Å². The molecule has 1 aromatic heterocycles. The van der Waals surface area contributed by atoms with Crippen LogP contribution in [-0.2, 0) is 13.0 Å². The lowest BCUT2D eigenvalue weighted by Gasteiger charge is -2.06. The summed E-state index contributed by atoms with van der Waals surface area (Å²) in [6, 6.07) is 14.9. The van der Waals surface area contributed by atoms with Crippen LogP contribution < -0.4 is 0 Å². The second-order valence-electron chi connectivity index (χ2n) is 5.64. The highest BCUT2D eigenvalue weighted by atomic mass is 35.5. The van der Waals surface area contributed by atoms with E-state index in [0.29, 0.717) is 0 Å². The molecule has 4 nitrogen and oxygen atoms in total. The Morgan fingerprint density at radius 1 is 1.05 bits per heavy atom. The van der Waals surface area contributed by atoms with E-state index in [1.54, 1.807) is 0 Å². The molecule has 0 spiro atoms. The Hall–Kier alpha value is -1.91. The number of rotatable bonds is 5. The van der Waals surface area contributed by atoms with E-state index in [2.05, 4.69) is 71.8 Å². The van der Waals surface area contributed by atoms with E-state index in [9.17, 15) is 0 Å². The van der Waals surface area contributed by atoms with Crippen molar-refractivity contribution in [2.45, 2.75) is 13.0 Å². The molecule has 3 rings (SSSR count). The minimum atomic E-state index is 0. The normalized spacial score (nSPS) is 10.9. The Labute approximate surface area is 137 Å². The van der Waals surface area contributed by atoms with Crippen LogP contribution >= 0.6 is 12.4 Å². The summed E-state index contributed by atoms with van der Waals surface area (Å²) in [5.74, 6) is 0. The molecule has 0 radical (unpaired) electrons. The first-order valence-electron chi connectivity index (χ1n) is 7.22.